The van der Waals surface area contributed by atoms with Gasteiger partial charge in [0.05, 0.1) is 12.6 Å². The Morgan fingerprint density at radius 1 is 1.56 bits per heavy atom. The second-order valence-electron chi connectivity index (χ2n) is 3.69. The first-order chi connectivity index (χ1) is 7.99. The predicted molar refractivity (Wildman–Crippen MR) is 68.5 cm³/mol. The fourth-order valence-corrected chi connectivity index (χ4v) is 1.48. The van der Waals surface area contributed by atoms with Gasteiger partial charge in [0.15, 0.2) is 0 Å². The van der Waals surface area contributed by atoms with Gasteiger partial charge in [-0.15, -0.1) is 12.4 Å². The zero-order chi connectivity index (χ0) is 13.0. The average Bonchev–Trinajstić information content (AvgIpc) is 2.31. The van der Waals surface area contributed by atoms with Crippen molar-refractivity contribution in [1.82, 2.24) is 0 Å². The van der Waals surface area contributed by atoms with Crippen molar-refractivity contribution in [2.75, 3.05) is 6.61 Å². The Balaban J connectivity index is 0.00000289. The molecule has 0 bridgehead atoms. The van der Waals surface area contributed by atoms with Crippen LogP contribution in [-0.4, -0.2) is 23.9 Å². The van der Waals surface area contributed by atoms with Gasteiger partial charge < -0.3 is 15.6 Å². The SMILES string of the molecule is CCOC(=O)C(F)[C@@H](N)c1cccc(C)c1O.Cl. The number of rotatable bonds is 4. The zero-order valence-corrected chi connectivity index (χ0v) is 11.0. The number of alkyl halides is 1. The molecule has 4 nitrogen and oxygen atoms in total. The molecule has 0 aromatic heterocycles. The van der Waals surface area contributed by atoms with Crippen LogP contribution in [0.5, 0.6) is 5.75 Å². The van der Waals surface area contributed by atoms with Gasteiger partial charge in [0, 0.05) is 5.56 Å². The topological polar surface area (TPSA) is 72.5 Å². The van der Waals surface area contributed by atoms with Crippen molar-refractivity contribution in [3.05, 3.63) is 29.3 Å². The van der Waals surface area contributed by atoms with Gasteiger partial charge in [0.1, 0.15) is 5.75 Å². The van der Waals surface area contributed by atoms with Crippen LogP contribution < -0.4 is 5.73 Å². The summed E-state index contributed by atoms with van der Waals surface area (Å²) in [5.41, 5.74) is 6.38. The number of hydrogen-bond donors (Lipinski definition) is 2. The van der Waals surface area contributed by atoms with E-state index in [1.54, 1.807) is 26.0 Å². The predicted octanol–water partition coefficient (Wildman–Crippen LogP) is 2.02. The van der Waals surface area contributed by atoms with Crippen LogP contribution in [0.4, 0.5) is 4.39 Å². The number of benzene rings is 1. The standard InChI is InChI=1S/C12H16FNO3.ClH/c1-3-17-12(16)9(13)10(14)8-6-4-5-7(2)11(8)15;/h4-6,9-10,15H,3,14H2,1-2H3;1H/t9?,10-;/m0./s1. The molecule has 1 aromatic rings. The number of carbonyl (C=O) groups excluding carboxylic acids is 1. The summed E-state index contributed by atoms with van der Waals surface area (Å²) in [6, 6.07) is 3.57. The van der Waals surface area contributed by atoms with Gasteiger partial charge in [-0.05, 0) is 19.4 Å². The van der Waals surface area contributed by atoms with Crippen molar-refractivity contribution in [3.63, 3.8) is 0 Å². The third-order valence-corrected chi connectivity index (χ3v) is 2.46. The van der Waals surface area contributed by atoms with Crippen molar-refractivity contribution in [2.45, 2.75) is 26.1 Å². The molecular formula is C12H17ClFNO3. The number of ether oxygens (including phenoxy) is 1. The number of esters is 1. The van der Waals surface area contributed by atoms with Gasteiger partial charge in [-0.25, -0.2) is 9.18 Å². The minimum Gasteiger partial charge on any atom is -0.507 e. The minimum atomic E-state index is -1.98. The van der Waals surface area contributed by atoms with E-state index in [0.29, 0.717) is 5.56 Å². The number of halogens is 2. The van der Waals surface area contributed by atoms with Crippen molar-refractivity contribution in [3.8, 4) is 5.75 Å². The lowest BCUT2D eigenvalue weighted by Crippen LogP contribution is -2.31. The van der Waals surface area contributed by atoms with E-state index in [4.69, 9.17) is 5.73 Å². The molecule has 1 rings (SSSR count). The largest absolute Gasteiger partial charge is 0.507 e. The van der Waals surface area contributed by atoms with E-state index in [1.165, 1.54) is 6.07 Å². The van der Waals surface area contributed by atoms with E-state index in [1.807, 2.05) is 0 Å². The zero-order valence-electron chi connectivity index (χ0n) is 10.2. The molecule has 102 valence electrons. The van der Waals surface area contributed by atoms with Crippen molar-refractivity contribution in [2.24, 2.45) is 5.73 Å². The second-order valence-corrected chi connectivity index (χ2v) is 3.69. The molecule has 0 aliphatic carbocycles. The van der Waals surface area contributed by atoms with E-state index >= 15 is 0 Å². The van der Waals surface area contributed by atoms with Gasteiger partial charge in [-0.2, -0.15) is 0 Å². The number of phenolic OH excluding ortho intramolecular Hbond substituents is 1. The van der Waals surface area contributed by atoms with E-state index in [9.17, 15) is 14.3 Å². The molecule has 0 aliphatic heterocycles. The van der Waals surface area contributed by atoms with Crippen LogP contribution in [0.3, 0.4) is 0 Å². The van der Waals surface area contributed by atoms with Gasteiger partial charge >= 0.3 is 5.97 Å². The summed E-state index contributed by atoms with van der Waals surface area (Å²) in [5, 5.41) is 9.73. The number of hydrogen-bond acceptors (Lipinski definition) is 4. The number of para-hydroxylation sites is 1. The fraction of sp³-hybridized carbons (Fsp3) is 0.417. The normalized spacial score (nSPS) is 13.3. The highest BCUT2D eigenvalue weighted by Crippen LogP contribution is 2.29. The molecule has 1 unspecified atom stereocenters. The summed E-state index contributed by atoms with van der Waals surface area (Å²) in [7, 11) is 0. The highest BCUT2D eigenvalue weighted by atomic mass is 35.5. The Morgan fingerprint density at radius 2 is 2.17 bits per heavy atom. The second kappa shape index (κ2) is 7.18. The molecule has 1 aromatic carbocycles. The lowest BCUT2D eigenvalue weighted by Gasteiger charge is -2.17. The Morgan fingerprint density at radius 3 is 2.72 bits per heavy atom. The van der Waals surface area contributed by atoms with E-state index in [-0.39, 0.29) is 30.3 Å². The van der Waals surface area contributed by atoms with Crippen LogP contribution in [-0.2, 0) is 9.53 Å². The number of aryl methyl sites for hydroxylation is 1. The molecular weight excluding hydrogens is 261 g/mol. The maximum absolute atomic E-state index is 13.7. The van der Waals surface area contributed by atoms with Gasteiger partial charge in [-0.3, -0.25) is 0 Å². The Labute approximate surface area is 111 Å². The number of nitrogens with two attached hydrogens (primary N) is 1. The van der Waals surface area contributed by atoms with Crippen LogP contribution in [0.1, 0.15) is 24.1 Å². The van der Waals surface area contributed by atoms with E-state index < -0.39 is 18.2 Å². The average molecular weight is 278 g/mol. The maximum Gasteiger partial charge on any atom is 0.342 e. The molecule has 6 heteroatoms. The van der Waals surface area contributed by atoms with Crippen LogP contribution in [0.2, 0.25) is 0 Å². The van der Waals surface area contributed by atoms with Gasteiger partial charge in [-0.1, -0.05) is 18.2 Å². The third kappa shape index (κ3) is 3.58. The summed E-state index contributed by atoms with van der Waals surface area (Å²) in [5.74, 6) is -1.10. The molecule has 2 atom stereocenters. The monoisotopic (exact) mass is 277 g/mol. The summed E-state index contributed by atoms with van der Waals surface area (Å²) in [4.78, 5) is 11.2. The molecule has 0 heterocycles. The molecule has 0 saturated carbocycles. The Kier molecular flexibility index (Phi) is 6.65. The lowest BCUT2D eigenvalue weighted by atomic mass is 10.00. The summed E-state index contributed by atoms with van der Waals surface area (Å²) >= 11 is 0. The molecule has 18 heavy (non-hydrogen) atoms. The van der Waals surface area contributed by atoms with Crippen molar-refractivity contribution < 1.29 is 19.0 Å². The number of carbonyl (C=O) groups is 1. The molecule has 0 spiro atoms. The summed E-state index contributed by atoms with van der Waals surface area (Å²) in [6.45, 7) is 3.34. The molecule has 0 fully saturated rings. The summed E-state index contributed by atoms with van der Waals surface area (Å²) in [6.07, 6.45) is -1.98. The Bertz CT molecular complexity index is 414. The van der Waals surface area contributed by atoms with Gasteiger partial charge in [0.2, 0.25) is 6.17 Å². The Hall–Kier alpha value is -1.33. The van der Waals surface area contributed by atoms with Crippen molar-refractivity contribution >= 4 is 18.4 Å². The number of phenols is 1. The minimum absolute atomic E-state index is 0. The van der Waals surface area contributed by atoms with Crippen molar-refractivity contribution in [1.29, 1.82) is 0 Å². The van der Waals surface area contributed by atoms with Gasteiger partial charge in [0.25, 0.3) is 0 Å². The quantitative estimate of drug-likeness (QED) is 0.826. The van der Waals surface area contributed by atoms with Crippen LogP contribution in [0.25, 0.3) is 0 Å². The smallest absolute Gasteiger partial charge is 0.342 e. The first-order valence-electron chi connectivity index (χ1n) is 5.33. The molecule has 0 radical (unpaired) electrons. The van der Waals surface area contributed by atoms with Crippen LogP contribution in [0, 0.1) is 6.92 Å². The maximum atomic E-state index is 13.7. The lowest BCUT2D eigenvalue weighted by molar-refractivity contribution is -0.149. The summed E-state index contributed by atoms with van der Waals surface area (Å²) < 4.78 is 18.2. The molecule has 3 N–H and O–H groups in total. The molecule has 0 aliphatic rings. The van der Waals surface area contributed by atoms with E-state index in [0.717, 1.165) is 0 Å². The first-order valence-corrected chi connectivity index (χ1v) is 5.33. The first kappa shape index (κ1) is 16.7. The molecule has 0 amide bonds. The fourth-order valence-electron chi connectivity index (χ4n) is 1.48. The van der Waals surface area contributed by atoms with Crippen LogP contribution >= 0.6 is 12.4 Å². The number of aromatic hydroxyl groups is 1. The highest BCUT2D eigenvalue weighted by Gasteiger charge is 2.29. The molecule has 0 saturated heterocycles. The highest BCUT2D eigenvalue weighted by molar-refractivity contribution is 5.85. The van der Waals surface area contributed by atoms with E-state index in [2.05, 4.69) is 4.74 Å². The van der Waals surface area contributed by atoms with Crippen LogP contribution in [0.15, 0.2) is 18.2 Å². The third-order valence-electron chi connectivity index (χ3n) is 2.46.